The summed E-state index contributed by atoms with van der Waals surface area (Å²) in [5.74, 6) is 0.903. The number of nitrogens with one attached hydrogen (secondary N) is 1. The maximum absolute atomic E-state index is 13.5. The number of hydrogen-bond donors (Lipinski definition) is 1. The third-order valence-corrected chi connectivity index (χ3v) is 12.2. The van der Waals surface area contributed by atoms with E-state index in [0.717, 1.165) is 91.9 Å². The van der Waals surface area contributed by atoms with E-state index in [9.17, 15) is 22.8 Å². The number of pyridine rings is 3. The monoisotopic (exact) mass is 858 g/mol. The topological polar surface area (TPSA) is 118 Å². The number of allylic oxidation sites excluding steroid dienone is 1. The van der Waals surface area contributed by atoms with E-state index < -0.39 is 18.8 Å². The van der Waals surface area contributed by atoms with Crippen LogP contribution in [0.2, 0.25) is 0 Å². The fourth-order valence-electron chi connectivity index (χ4n) is 8.87. The van der Waals surface area contributed by atoms with Crippen LogP contribution in [0.25, 0.3) is 32.9 Å². The Labute approximate surface area is 363 Å². The van der Waals surface area contributed by atoms with Crippen LogP contribution in [-0.4, -0.2) is 104 Å². The number of aromatic nitrogens is 4. The van der Waals surface area contributed by atoms with Crippen LogP contribution in [0.1, 0.15) is 52.9 Å². The van der Waals surface area contributed by atoms with E-state index >= 15 is 0 Å². The lowest BCUT2D eigenvalue weighted by Gasteiger charge is -2.34. The molecule has 4 aromatic heterocycles. The first-order chi connectivity index (χ1) is 30.5. The number of carbonyl (C=O) groups excluding carboxylic acids is 2. The molecule has 2 saturated heterocycles. The van der Waals surface area contributed by atoms with Crippen molar-refractivity contribution < 1.29 is 32.2 Å². The zero-order valence-electron chi connectivity index (χ0n) is 34.9. The number of carbonyl (C=O) groups is 2. The van der Waals surface area contributed by atoms with Crippen LogP contribution in [0.4, 0.5) is 13.2 Å². The van der Waals surface area contributed by atoms with Crippen molar-refractivity contribution in [2.75, 3.05) is 45.9 Å². The standard InChI is InChI=1S/C48H49F3N8O4/c1-32-5-13-43(46(60)55-32)58-29-36-24-38(10-12-39(36)47(58)61)63-30-33-6-14-45(54-26-33)62-23-3-18-57-21-19-56(20-22-57)17-2-4-37-9-7-35(27-53-37)34-8-11-40-41-28-52-16-15-42(41)59(44(40)25-34)31-48(49,50)51/h6-12,14-16,24-28,43H,1-5,13,17-23,29-31H2,(H,55,60). The predicted octanol–water partition coefficient (Wildman–Crippen LogP) is 7.56. The van der Waals surface area contributed by atoms with E-state index in [0.29, 0.717) is 71.9 Å². The first-order valence-corrected chi connectivity index (χ1v) is 21.5. The van der Waals surface area contributed by atoms with Crippen molar-refractivity contribution in [3.05, 3.63) is 126 Å². The highest BCUT2D eigenvalue weighted by atomic mass is 19.4. The maximum atomic E-state index is 13.5. The average Bonchev–Trinajstić information content (AvgIpc) is 3.77. The number of fused-ring (bicyclic) bond motifs is 4. The van der Waals surface area contributed by atoms with Crippen molar-refractivity contribution in [2.24, 2.45) is 0 Å². The van der Waals surface area contributed by atoms with Gasteiger partial charge in [-0.15, -0.1) is 0 Å². The number of piperazine rings is 1. The number of amides is 2. The summed E-state index contributed by atoms with van der Waals surface area (Å²) >= 11 is 0. The summed E-state index contributed by atoms with van der Waals surface area (Å²) in [5, 5.41) is 4.22. The molecule has 15 heteroatoms. The fraction of sp³-hybridized carbons (Fsp3) is 0.354. The fourth-order valence-corrected chi connectivity index (χ4v) is 8.87. The van der Waals surface area contributed by atoms with Crippen molar-refractivity contribution in [3.8, 4) is 22.8 Å². The highest BCUT2D eigenvalue weighted by molar-refractivity contribution is 6.08. The molecule has 2 amide bonds. The maximum Gasteiger partial charge on any atom is 0.406 e. The highest BCUT2D eigenvalue weighted by Gasteiger charge is 2.38. The minimum atomic E-state index is -4.35. The lowest BCUT2D eigenvalue weighted by molar-refractivity contribution is -0.139. The summed E-state index contributed by atoms with van der Waals surface area (Å²) in [7, 11) is 0. The van der Waals surface area contributed by atoms with Crippen LogP contribution in [0.15, 0.2) is 104 Å². The van der Waals surface area contributed by atoms with Crippen molar-refractivity contribution in [1.29, 1.82) is 0 Å². The van der Waals surface area contributed by atoms with Gasteiger partial charge in [-0.25, -0.2) is 4.98 Å². The number of halogens is 3. The lowest BCUT2D eigenvalue weighted by atomic mass is 10.0. The zero-order chi connectivity index (χ0) is 43.5. The molecule has 12 nitrogen and oxygen atoms in total. The number of benzene rings is 2. The largest absolute Gasteiger partial charge is 0.489 e. The van der Waals surface area contributed by atoms with Gasteiger partial charge in [0.1, 0.15) is 24.9 Å². The Morgan fingerprint density at radius 1 is 0.810 bits per heavy atom. The molecule has 1 unspecified atom stereocenters. The molecule has 0 saturated carbocycles. The van der Waals surface area contributed by atoms with Gasteiger partial charge in [-0.2, -0.15) is 13.2 Å². The average molecular weight is 859 g/mol. The van der Waals surface area contributed by atoms with Gasteiger partial charge in [0.2, 0.25) is 11.8 Å². The lowest BCUT2D eigenvalue weighted by Crippen LogP contribution is -2.49. The van der Waals surface area contributed by atoms with Crippen LogP contribution in [-0.2, 0) is 30.9 Å². The first-order valence-electron chi connectivity index (χ1n) is 21.5. The summed E-state index contributed by atoms with van der Waals surface area (Å²) in [6.07, 6.45) is 6.32. The summed E-state index contributed by atoms with van der Waals surface area (Å²) in [6.45, 7) is 10.0. The van der Waals surface area contributed by atoms with Crippen molar-refractivity contribution in [1.82, 2.24) is 39.5 Å². The molecule has 0 aliphatic carbocycles. The minimum Gasteiger partial charge on any atom is -0.489 e. The van der Waals surface area contributed by atoms with Crippen molar-refractivity contribution >= 4 is 33.6 Å². The molecule has 7 heterocycles. The van der Waals surface area contributed by atoms with Gasteiger partial charge >= 0.3 is 6.18 Å². The van der Waals surface area contributed by atoms with Gasteiger partial charge in [0.05, 0.1) is 17.6 Å². The Morgan fingerprint density at radius 3 is 2.37 bits per heavy atom. The molecule has 2 aromatic carbocycles. The molecular formula is C48H49F3N8O4. The third kappa shape index (κ3) is 9.69. The van der Waals surface area contributed by atoms with Gasteiger partial charge in [0, 0.05) is 109 Å². The van der Waals surface area contributed by atoms with Crippen LogP contribution in [0.5, 0.6) is 11.6 Å². The molecule has 326 valence electrons. The second-order valence-electron chi connectivity index (χ2n) is 16.5. The van der Waals surface area contributed by atoms with Gasteiger partial charge in [0.15, 0.2) is 0 Å². The van der Waals surface area contributed by atoms with E-state index in [-0.39, 0.29) is 11.8 Å². The summed E-state index contributed by atoms with van der Waals surface area (Å²) in [5.41, 5.74) is 6.75. The zero-order valence-corrected chi connectivity index (χ0v) is 34.9. The summed E-state index contributed by atoms with van der Waals surface area (Å²) in [4.78, 5) is 45.5. The molecule has 1 N–H and O–H groups in total. The van der Waals surface area contributed by atoms with Gasteiger partial charge in [-0.1, -0.05) is 24.8 Å². The van der Waals surface area contributed by atoms with Crippen LogP contribution < -0.4 is 14.8 Å². The normalized spacial score (nSPS) is 17.4. The van der Waals surface area contributed by atoms with Crippen molar-refractivity contribution in [3.63, 3.8) is 0 Å². The molecule has 2 fully saturated rings. The number of ether oxygens (including phenoxy) is 2. The molecule has 0 spiro atoms. The van der Waals surface area contributed by atoms with Gasteiger partial charge < -0.3 is 34.1 Å². The predicted molar refractivity (Wildman–Crippen MR) is 233 cm³/mol. The second kappa shape index (κ2) is 18.2. The molecule has 0 radical (unpaired) electrons. The van der Waals surface area contributed by atoms with E-state index in [1.54, 1.807) is 35.5 Å². The van der Waals surface area contributed by atoms with Crippen LogP contribution in [0.3, 0.4) is 0 Å². The number of piperidine rings is 1. The number of alkyl halides is 3. The molecular weight excluding hydrogens is 810 g/mol. The molecule has 3 aliphatic heterocycles. The molecule has 3 aliphatic rings. The molecule has 1 atom stereocenters. The summed E-state index contributed by atoms with van der Waals surface area (Å²) in [6, 6.07) is 20.0. The quantitative estimate of drug-likeness (QED) is 0.105. The van der Waals surface area contributed by atoms with Crippen LogP contribution in [0, 0.1) is 0 Å². The van der Waals surface area contributed by atoms with Crippen LogP contribution >= 0.6 is 0 Å². The Hall–Kier alpha value is -6.32. The third-order valence-electron chi connectivity index (χ3n) is 12.2. The number of aryl methyl sites for hydroxylation is 1. The smallest absolute Gasteiger partial charge is 0.406 e. The van der Waals surface area contributed by atoms with Gasteiger partial charge in [-0.05, 0) is 92.2 Å². The van der Waals surface area contributed by atoms with E-state index in [1.807, 2.05) is 54.7 Å². The molecule has 6 aromatic rings. The number of rotatable bonds is 15. The molecule has 9 rings (SSSR count). The summed E-state index contributed by atoms with van der Waals surface area (Å²) < 4.78 is 53.9. The minimum absolute atomic E-state index is 0.136. The Kier molecular flexibility index (Phi) is 12.1. The van der Waals surface area contributed by atoms with Gasteiger partial charge in [0.25, 0.3) is 5.91 Å². The van der Waals surface area contributed by atoms with Crippen molar-refractivity contribution in [2.45, 2.75) is 64.0 Å². The first kappa shape index (κ1) is 42.0. The number of nitrogens with zero attached hydrogens (tertiary/aromatic N) is 7. The van der Waals surface area contributed by atoms with Gasteiger partial charge in [-0.3, -0.25) is 19.6 Å². The molecule has 63 heavy (non-hydrogen) atoms. The second-order valence-corrected chi connectivity index (χ2v) is 16.5. The molecule has 0 bridgehead atoms. The Balaban J connectivity index is 0.663. The van der Waals surface area contributed by atoms with E-state index in [4.69, 9.17) is 14.5 Å². The Bertz CT molecular complexity index is 2620. The highest BCUT2D eigenvalue weighted by Crippen LogP contribution is 2.35. The number of hydrogen-bond acceptors (Lipinski definition) is 9. The van der Waals surface area contributed by atoms with E-state index in [2.05, 4.69) is 31.7 Å². The SMILES string of the molecule is C=C1CCC(N2Cc3cc(OCc4ccc(OCCCN5CCN(CCCc6ccc(-c7ccc8c9cnccc9n(CC(F)(F)F)c8c7)cn6)CC5)nc4)ccc3C2=O)C(=O)N1. The van der Waals surface area contributed by atoms with E-state index in [1.165, 1.54) is 10.8 Å². The Morgan fingerprint density at radius 2 is 1.62 bits per heavy atom.